The van der Waals surface area contributed by atoms with Crippen LogP contribution in [-0.2, 0) is 19.5 Å². The molecule has 4 aromatic carbocycles. The molecule has 2 aromatic heterocycles. The van der Waals surface area contributed by atoms with Crippen molar-refractivity contribution in [1.82, 2.24) is 20.4 Å². The zero-order chi connectivity index (χ0) is 26.5. The van der Waals surface area contributed by atoms with E-state index in [-0.39, 0.29) is 66.2 Å². The van der Waals surface area contributed by atoms with Crippen LogP contribution in [0.4, 0.5) is 8.78 Å². The quantitative estimate of drug-likeness (QED) is 0.228. The fraction of sp³-hybridized carbons (Fsp3) is 0. The number of hydrogen-bond donors (Lipinski definition) is 2. The summed E-state index contributed by atoms with van der Waals surface area (Å²) < 4.78 is 37.1. The number of rotatable bonds is 4. The molecule has 11 heteroatoms. The number of benzene rings is 4. The minimum Gasteiger partial charge on any atom is -0.507 e. The van der Waals surface area contributed by atoms with Crippen LogP contribution in [0.2, 0.25) is 0 Å². The van der Waals surface area contributed by atoms with E-state index in [1.807, 2.05) is 0 Å². The summed E-state index contributed by atoms with van der Waals surface area (Å²) >= 11 is 0. The molecule has 0 fully saturated rings. The van der Waals surface area contributed by atoms with Gasteiger partial charge in [0.05, 0.1) is 11.1 Å². The number of nitrogens with zero attached hydrogens (tertiary/aromatic N) is 4. The van der Waals surface area contributed by atoms with E-state index in [1.165, 1.54) is 36.4 Å². The van der Waals surface area contributed by atoms with Gasteiger partial charge in [0, 0.05) is 30.6 Å². The SMILES string of the molecule is Oc1ccccc1-c1nnc(-c2cccc(F)c2)o1.Oc1ccccc1-c1nnc(-c2cccc(F)c2)o1.[Zn]. The Morgan fingerprint density at radius 3 is 1.26 bits per heavy atom. The van der Waals surface area contributed by atoms with Gasteiger partial charge in [0.25, 0.3) is 11.8 Å². The van der Waals surface area contributed by atoms with Crippen LogP contribution in [0.25, 0.3) is 45.8 Å². The number of para-hydroxylation sites is 2. The van der Waals surface area contributed by atoms with Crippen LogP contribution >= 0.6 is 0 Å². The monoisotopic (exact) mass is 576 g/mol. The van der Waals surface area contributed by atoms with Crippen molar-refractivity contribution >= 4 is 0 Å². The molecule has 0 amide bonds. The third kappa shape index (κ3) is 6.39. The van der Waals surface area contributed by atoms with E-state index in [0.717, 1.165) is 0 Å². The maximum absolute atomic E-state index is 13.1. The summed E-state index contributed by atoms with van der Waals surface area (Å²) in [5, 5.41) is 34.8. The molecule has 0 bridgehead atoms. The minimum atomic E-state index is -0.375. The third-order valence-corrected chi connectivity index (χ3v) is 5.26. The first-order valence-electron chi connectivity index (χ1n) is 11.2. The molecule has 190 valence electrons. The summed E-state index contributed by atoms with van der Waals surface area (Å²) in [4.78, 5) is 0. The summed E-state index contributed by atoms with van der Waals surface area (Å²) in [6.07, 6.45) is 0. The second kappa shape index (κ2) is 12.2. The van der Waals surface area contributed by atoms with E-state index >= 15 is 0 Å². The van der Waals surface area contributed by atoms with Crippen LogP contribution in [-0.4, -0.2) is 30.6 Å². The minimum absolute atomic E-state index is 0. The maximum Gasteiger partial charge on any atom is 0.251 e. The Bertz CT molecular complexity index is 1580. The van der Waals surface area contributed by atoms with Crippen LogP contribution in [0.1, 0.15) is 0 Å². The molecule has 0 atom stereocenters. The summed E-state index contributed by atoms with van der Waals surface area (Å²) in [7, 11) is 0. The average Bonchev–Trinajstić information content (AvgIpc) is 3.61. The van der Waals surface area contributed by atoms with Crippen molar-refractivity contribution in [3.8, 4) is 57.3 Å². The summed E-state index contributed by atoms with van der Waals surface area (Å²) in [5.74, 6) is 0.152. The van der Waals surface area contributed by atoms with Crippen molar-refractivity contribution in [3.05, 3.63) is 109 Å². The van der Waals surface area contributed by atoms with Gasteiger partial charge in [-0.2, -0.15) is 0 Å². The number of hydrogen-bond acceptors (Lipinski definition) is 8. The molecule has 6 rings (SSSR count). The fourth-order valence-corrected chi connectivity index (χ4v) is 3.45. The molecule has 8 nitrogen and oxygen atoms in total. The van der Waals surface area contributed by atoms with E-state index in [2.05, 4.69) is 20.4 Å². The Balaban J connectivity index is 0.000000176. The van der Waals surface area contributed by atoms with Crippen molar-refractivity contribution in [2.45, 2.75) is 0 Å². The topological polar surface area (TPSA) is 118 Å². The van der Waals surface area contributed by atoms with Crippen molar-refractivity contribution in [3.63, 3.8) is 0 Å². The number of aromatic nitrogens is 4. The van der Waals surface area contributed by atoms with Crippen molar-refractivity contribution < 1.29 is 47.3 Å². The van der Waals surface area contributed by atoms with E-state index in [1.54, 1.807) is 60.7 Å². The van der Waals surface area contributed by atoms with E-state index in [4.69, 9.17) is 8.83 Å². The number of halogens is 2. The number of phenols is 2. The number of phenolic OH excluding ortho intramolecular Hbond substituents is 2. The molecule has 0 radical (unpaired) electrons. The second-order valence-corrected chi connectivity index (χ2v) is 7.88. The second-order valence-electron chi connectivity index (χ2n) is 7.88. The van der Waals surface area contributed by atoms with Gasteiger partial charge in [0.2, 0.25) is 11.8 Å². The molecule has 0 spiro atoms. The molecule has 0 aliphatic heterocycles. The Morgan fingerprint density at radius 2 is 0.872 bits per heavy atom. The van der Waals surface area contributed by atoms with Crippen LogP contribution in [0, 0.1) is 11.6 Å². The molecule has 2 heterocycles. The largest absolute Gasteiger partial charge is 0.507 e. The molecule has 0 saturated heterocycles. The Kier molecular flexibility index (Phi) is 8.53. The fourth-order valence-electron chi connectivity index (χ4n) is 3.45. The Labute approximate surface area is 233 Å². The van der Waals surface area contributed by atoms with Crippen LogP contribution < -0.4 is 0 Å². The van der Waals surface area contributed by atoms with Crippen LogP contribution in [0.15, 0.2) is 106 Å². The molecule has 39 heavy (non-hydrogen) atoms. The smallest absolute Gasteiger partial charge is 0.251 e. The predicted molar refractivity (Wildman–Crippen MR) is 134 cm³/mol. The summed E-state index contributed by atoms with van der Waals surface area (Å²) in [6, 6.07) is 25.0. The summed E-state index contributed by atoms with van der Waals surface area (Å²) in [5.41, 5.74) is 1.87. The van der Waals surface area contributed by atoms with Gasteiger partial charge < -0.3 is 19.0 Å². The molecule has 0 unspecified atom stereocenters. The Hall–Kier alpha value is -4.76. The molecule has 6 aromatic rings. The van der Waals surface area contributed by atoms with Gasteiger partial charge in [-0.1, -0.05) is 36.4 Å². The van der Waals surface area contributed by atoms with Gasteiger partial charge in [-0.15, -0.1) is 20.4 Å². The first-order chi connectivity index (χ1) is 18.5. The van der Waals surface area contributed by atoms with Gasteiger partial charge in [-0.05, 0) is 60.7 Å². The van der Waals surface area contributed by atoms with Gasteiger partial charge in [0.15, 0.2) is 0 Å². The molecule has 0 aliphatic rings. The molecule has 2 N–H and O–H groups in total. The molecular weight excluding hydrogens is 560 g/mol. The molecular formula is C28H18F2N4O4Zn. The van der Waals surface area contributed by atoms with Crippen molar-refractivity contribution in [2.75, 3.05) is 0 Å². The van der Waals surface area contributed by atoms with E-state index in [9.17, 15) is 19.0 Å². The van der Waals surface area contributed by atoms with Crippen LogP contribution in [0.5, 0.6) is 11.5 Å². The average molecular weight is 578 g/mol. The zero-order valence-corrected chi connectivity index (χ0v) is 23.2. The first kappa shape index (κ1) is 27.3. The van der Waals surface area contributed by atoms with Gasteiger partial charge >= 0.3 is 0 Å². The first-order valence-corrected chi connectivity index (χ1v) is 11.2. The van der Waals surface area contributed by atoms with E-state index < -0.39 is 0 Å². The van der Waals surface area contributed by atoms with Crippen LogP contribution in [0.3, 0.4) is 0 Å². The van der Waals surface area contributed by atoms with Gasteiger partial charge in [-0.25, -0.2) is 8.78 Å². The maximum atomic E-state index is 13.1. The Morgan fingerprint density at radius 1 is 0.487 bits per heavy atom. The predicted octanol–water partition coefficient (Wildman–Crippen LogP) is 6.49. The molecule has 0 saturated carbocycles. The third-order valence-electron chi connectivity index (χ3n) is 5.26. The van der Waals surface area contributed by atoms with Gasteiger partial charge in [0.1, 0.15) is 23.1 Å². The van der Waals surface area contributed by atoms with E-state index in [0.29, 0.717) is 22.3 Å². The summed E-state index contributed by atoms with van der Waals surface area (Å²) in [6.45, 7) is 0. The standard InChI is InChI=1S/2C14H9FN2O2.Zn/c2*15-10-5-3-4-9(8-10)13-16-17-14(19-13)11-6-1-2-7-12(11)18;/h2*1-8,18H;. The van der Waals surface area contributed by atoms with Crippen molar-refractivity contribution in [1.29, 1.82) is 0 Å². The molecule has 0 aliphatic carbocycles. The normalized spacial score (nSPS) is 10.3. The zero-order valence-electron chi connectivity index (χ0n) is 20.2. The number of aromatic hydroxyl groups is 2. The van der Waals surface area contributed by atoms with Crippen molar-refractivity contribution in [2.24, 2.45) is 0 Å². The van der Waals surface area contributed by atoms with Gasteiger partial charge in [-0.3, -0.25) is 0 Å².